The molecule has 27 heavy (non-hydrogen) atoms. The highest BCUT2D eigenvalue weighted by atomic mass is 32.2. The van der Waals surface area contributed by atoms with E-state index in [1.54, 1.807) is 0 Å². The smallest absolute Gasteiger partial charge is 0.329 e. The number of carboxylic acid groups (broad SMARTS) is 1. The molecule has 0 saturated heterocycles. The van der Waals surface area contributed by atoms with Crippen LogP contribution in [-0.2, 0) is 4.79 Å². The zero-order chi connectivity index (χ0) is 20.9. The summed E-state index contributed by atoms with van der Waals surface area (Å²) >= 11 is 21.6. The Labute approximate surface area is 197 Å². The lowest BCUT2D eigenvalue weighted by Gasteiger charge is -2.26. The summed E-state index contributed by atoms with van der Waals surface area (Å²) in [4.78, 5) is 11.8. The van der Waals surface area contributed by atoms with Crippen LogP contribution >= 0.6 is 74.0 Å². The van der Waals surface area contributed by atoms with E-state index in [-0.39, 0.29) is 21.0 Å². The molecule has 0 spiro atoms. The Morgan fingerprint density at radius 1 is 0.815 bits per heavy atom. The first-order valence-electron chi connectivity index (χ1n) is 9.91. The summed E-state index contributed by atoms with van der Waals surface area (Å²) in [7, 11) is 0. The van der Waals surface area contributed by atoms with Crippen molar-refractivity contribution in [1.82, 2.24) is 0 Å². The van der Waals surface area contributed by atoms with Crippen molar-refractivity contribution < 1.29 is 9.90 Å². The van der Waals surface area contributed by atoms with Crippen LogP contribution in [-0.4, -0.2) is 47.7 Å². The van der Waals surface area contributed by atoms with E-state index in [0.717, 1.165) is 62.9 Å². The van der Waals surface area contributed by atoms with Gasteiger partial charge in [-0.3, -0.25) is 0 Å². The second-order valence-electron chi connectivity index (χ2n) is 7.08. The predicted molar refractivity (Wildman–Crippen MR) is 140 cm³/mol. The van der Waals surface area contributed by atoms with Crippen molar-refractivity contribution in [2.75, 3.05) is 11.5 Å². The molecule has 0 aliphatic carbocycles. The van der Waals surface area contributed by atoms with Crippen molar-refractivity contribution in [2.24, 2.45) is 0 Å². The first-order valence-corrected chi connectivity index (χ1v) is 13.9. The molecule has 162 valence electrons. The van der Waals surface area contributed by atoms with Crippen molar-refractivity contribution in [3.8, 4) is 0 Å². The van der Waals surface area contributed by atoms with Gasteiger partial charge in [-0.1, -0.05) is 39.5 Å². The van der Waals surface area contributed by atoms with E-state index in [9.17, 15) is 9.90 Å². The number of unbranched alkanes of at least 4 members (excludes halogenated alkanes) is 2. The van der Waals surface area contributed by atoms with Gasteiger partial charge in [0.25, 0.3) is 0 Å². The number of rotatable bonds is 17. The van der Waals surface area contributed by atoms with Crippen LogP contribution in [0, 0.1) is 0 Å². The molecule has 0 rings (SSSR count). The molecule has 4 atom stereocenters. The molecule has 0 radical (unpaired) electrons. The average molecular weight is 491 g/mol. The fourth-order valence-corrected chi connectivity index (χ4v) is 6.68. The molecule has 0 heterocycles. The second kappa shape index (κ2) is 16.3. The Hall–Kier alpha value is 1.57. The highest BCUT2D eigenvalue weighted by Gasteiger charge is 2.34. The van der Waals surface area contributed by atoms with Crippen LogP contribution in [0.25, 0.3) is 0 Å². The molecule has 0 fully saturated rings. The van der Waals surface area contributed by atoms with Crippen LogP contribution in [0.5, 0.6) is 0 Å². The van der Waals surface area contributed by atoms with E-state index in [2.05, 4.69) is 64.4 Å². The maximum absolute atomic E-state index is 11.8. The Morgan fingerprint density at radius 2 is 1.15 bits per heavy atom. The summed E-state index contributed by atoms with van der Waals surface area (Å²) in [6, 6.07) is 0. The number of hydrogen-bond donors (Lipinski definition) is 5. The Balaban J connectivity index is 4.33. The Morgan fingerprint density at radius 3 is 1.44 bits per heavy atom. The van der Waals surface area contributed by atoms with Gasteiger partial charge in [0.1, 0.15) is 0 Å². The van der Waals surface area contributed by atoms with Crippen molar-refractivity contribution in [1.29, 1.82) is 0 Å². The van der Waals surface area contributed by atoms with Gasteiger partial charge in [0, 0.05) is 21.0 Å². The van der Waals surface area contributed by atoms with Crippen molar-refractivity contribution >= 4 is 80.0 Å². The van der Waals surface area contributed by atoms with Gasteiger partial charge >= 0.3 is 5.97 Å². The fraction of sp³-hybridized carbons (Fsp3) is 0.947. The van der Waals surface area contributed by atoms with E-state index >= 15 is 0 Å². The summed E-state index contributed by atoms with van der Waals surface area (Å²) in [6.45, 7) is 6.17. The van der Waals surface area contributed by atoms with Gasteiger partial charge < -0.3 is 5.11 Å². The van der Waals surface area contributed by atoms with Crippen molar-refractivity contribution in [2.45, 2.75) is 97.2 Å². The average Bonchev–Trinajstić information content (AvgIpc) is 2.63. The van der Waals surface area contributed by atoms with Gasteiger partial charge in [-0.2, -0.15) is 50.5 Å². The minimum Gasteiger partial charge on any atom is -0.480 e. The lowest BCUT2D eigenvalue weighted by atomic mass is 10.1. The van der Waals surface area contributed by atoms with Gasteiger partial charge in [0.15, 0.2) is 4.08 Å². The van der Waals surface area contributed by atoms with Gasteiger partial charge in [-0.15, -0.1) is 23.5 Å². The maximum atomic E-state index is 11.8. The van der Waals surface area contributed by atoms with E-state index in [0.29, 0.717) is 0 Å². The van der Waals surface area contributed by atoms with Crippen LogP contribution in [0.4, 0.5) is 0 Å². The number of carboxylic acids is 1. The number of aliphatic carboxylic acids is 1. The highest BCUT2D eigenvalue weighted by molar-refractivity contribution is 8.19. The SMILES string of the molecule is CCCCC(S)C(S)CCSC(C)(SCCC(S)C(S)CCCC)C(=O)O. The summed E-state index contributed by atoms with van der Waals surface area (Å²) in [5.74, 6) is 0.803. The van der Waals surface area contributed by atoms with E-state index < -0.39 is 10.0 Å². The zero-order valence-corrected chi connectivity index (χ0v) is 22.1. The van der Waals surface area contributed by atoms with Crippen LogP contribution in [0.1, 0.15) is 72.1 Å². The molecule has 0 aromatic heterocycles. The first-order chi connectivity index (χ1) is 12.7. The largest absolute Gasteiger partial charge is 0.480 e. The molecule has 0 bridgehead atoms. The third kappa shape index (κ3) is 12.8. The summed E-state index contributed by atoms with van der Waals surface area (Å²) in [5, 5.41) is 10.7. The third-order valence-corrected chi connectivity index (χ3v) is 10.5. The number of carbonyl (C=O) groups is 1. The predicted octanol–water partition coefficient (Wildman–Crippen LogP) is 6.61. The first kappa shape index (κ1) is 28.6. The van der Waals surface area contributed by atoms with E-state index in [1.807, 2.05) is 6.92 Å². The second-order valence-corrected chi connectivity index (χ2v) is 13.0. The van der Waals surface area contributed by atoms with Crippen LogP contribution in [0.2, 0.25) is 0 Å². The minimum absolute atomic E-state index is 0.209. The summed E-state index contributed by atoms with van der Waals surface area (Å²) in [6.07, 6.45) is 8.54. The van der Waals surface area contributed by atoms with Crippen LogP contribution in [0.3, 0.4) is 0 Å². The molecule has 8 heteroatoms. The fourth-order valence-electron chi connectivity index (χ4n) is 2.51. The molecule has 2 nitrogen and oxygen atoms in total. The van der Waals surface area contributed by atoms with Gasteiger partial charge in [0.05, 0.1) is 0 Å². The molecule has 0 aliphatic rings. The topological polar surface area (TPSA) is 37.3 Å². The van der Waals surface area contributed by atoms with Crippen molar-refractivity contribution in [3.05, 3.63) is 0 Å². The lowest BCUT2D eigenvalue weighted by Crippen LogP contribution is -2.29. The minimum atomic E-state index is -0.827. The molecule has 0 amide bonds. The molecular weight excluding hydrogens is 453 g/mol. The standard InChI is InChI=1S/C19H38O2S6/c1-4-6-8-14(22)16(24)10-12-26-19(3,18(20)21)27-13-11-17(25)15(23)9-7-5-2/h14-17,22-25H,4-13H2,1-3H3,(H,20,21). The van der Waals surface area contributed by atoms with Crippen molar-refractivity contribution in [3.63, 3.8) is 0 Å². The van der Waals surface area contributed by atoms with Crippen LogP contribution in [0.15, 0.2) is 0 Å². The van der Waals surface area contributed by atoms with E-state index in [1.165, 1.54) is 23.5 Å². The van der Waals surface area contributed by atoms with Gasteiger partial charge in [-0.25, -0.2) is 4.79 Å². The quantitative estimate of drug-likeness (QED) is 0.117. The molecule has 0 aromatic carbocycles. The van der Waals surface area contributed by atoms with E-state index in [4.69, 9.17) is 0 Å². The Bertz CT molecular complexity index is 370. The molecule has 0 aromatic rings. The molecule has 4 unspecified atom stereocenters. The summed E-state index contributed by atoms with van der Waals surface area (Å²) in [5.41, 5.74) is 0. The van der Waals surface area contributed by atoms with Gasteiger partial charge in [0.2, 0.25) is 0 Å². The monoisotopic (exact) mass is 490 g/mol. The van der Waals surface area contributed by atoms with Gasteiger partial charge in [-0.05, 0) is 44.1 Å². The molecular formula is C19H38O2S6. The molecule has 1 N–H and O–H groups in total. The van der Waals surface area contributed by atoms with Crippen LogP contribution < -0.4 is 0 Å². The number of thiol groups is 4. The zero-order valence-electron chi connectivity index (χ0n) is 16.8. The third-order valence-electron chi connectivity index (χ3n) is 4.57. The molecule has 0 saturated carbocycles. The number of thioether (sulfide) groups is 2. The molecule has 0 aliphatic heterocycles. The maximum Gasteiger partial charge on any atom is 0.329 e. The normalized spacial score (nSPS) is 18.5. The lowest BCUT2D eigenvalue weighted by molar-refractivity contribution is -0.136. The number of hydrogen-bond acceptors (Lipinski definition) is 7. The Kier molecular flexibility index (Phi) is 17.2. The highest BCUT2D eigenvalue weighted by Crippen LogP contribution is 2.39. The summed E-state index contributed by atoms with van der Waals surface area (Å²) < 4.78 is -0.827.